The largest absolute Gasteiger partial charge is 0.345 e. The molecule has 0 aliphatic carbocycles. The second-order valence-corrected chi connectivity index (χ2v) is 5.93. The third kappa shape index (κ3) is 6.12. The SMILES string of the molecule is CCN(C)C(=O)CSc1cccc(CNC(C)C)c1. The van der Waals surface area contributed by atoms with Crippen LogP contribution in [0.4, 0.5) is 0 Å². The first-order chi connectivity index (χ1) is 9.02. The van der Waals surface area contributed by atoms with Crippen molar-refractivity contribution in [2.75, 3.05) is 19.3 Å². The molecular weight excluding hydrogens is 256 g/mol. The predicted molar refractivity (Wildman–Crippen MR) is 82.5 cm³/mol. The van der Waals surface area contributed by atoms with Gasteiger partial charge in [0.15, 0.2) is 0 Å². The number of hydrogen-bond acceptors (Lipinski definition) is 3. The van der Waals surface area contributed by atoms with Crippen LogP contribution >= 0.6 is 11.8 Å². The molecule has 106 valence electrons. The van der Waals surface area contributed by atoms with Gasteiger partial charge in [-0.15, -0.1) is 11.8 Å². The van der Waals surface area contributed by atoms with Crippen molar-refractivity contribution in [1.82, 2.24) is 10.2 Å². The Bertz CT molecular complexity index is 407. The van der Waals surface area contributed by atoms with Crippen LogP contribution < -0.4 is 5.32 Å². The minimum absolute atomic E-state index is 0.179. The second-order valence-electron chi connectivity index (χ2n) is 4.88. The van der Waals surface area contributed by atoms with E-state index in [0.717, 1.165) is 18.0 Å². The quantitative estimate of drug-likeness (QED) is 0.780. The van der Waals surface area contributed by atoms with Crippen LogP contribution in [0.1, 0.15) is 26.3 Å². The zero-order valence-corrected chi connectivity index (χ0v) is 13.1. The highest BCUT2D eigenvalue weighted by Gasteiger charge is 2.07. The van der Waals surface area contributed by atoms with Gasteiger partial charge in [0.25, 0.3) is 0 Å². The van der Waals surface area contributed by atoms with Gasteiger partial charge in [0, 0.05) is 31.1 Å². The van der Waals surface area contributed by atoms with Gasteiger partial charge in [-0.25, -0.2) is 0 Å². The molecule has 0 aromatic heterocycles. The molecule has 1 aromatic rings. The lowest BCUT2D eigenvalue weighted by molar-refractivity contribution is -0.126. The summed E-state index contributed by atoms with van der Waals surface area (Å²) < 4.78 is 0. The highest BCUT2D eigenvalue weighted by atomic mass is 32.2. The summed E-state index contributed by atoms with van der Waals surface area (Å²) in [4.78, 5) is 14.6. The van der Waals surface area contributed by atoms with Crippen LogP contribution in [0.15, 0.2) is 29.2 Å². The number of hydrogen-bond donors (Lipinski definition) is 1. The normalized spacial score (nSPS) is 10.8. The highest BCUT2D eigenvalue weighted by Crippen LogP contribution is 2.19. The summed E-state index contributed by atoms with van der Waals surface area (Å²) in [6.45, 7) is 7.89. The van der Waals surface area contributed by atoms with E-state index in [4.69, 9.17) is 0 Å². The molecule has 0 atom stereocenters. The van der Waals surface area contributed by atoms with Crippen LogP contribution in [-0.2, 0) is 11.3 Å². The Labute approximate surface area is 120 Å². The summed E-state index contributed by atoms with van der Waals surface area (Å²) in [6, 6.07) is 8.85. The second kappa shape index (κ2) is 8.23. The van der Waals surface area contributed by atoms with E-state index in [9.17, 15) is 4.79 Å². The summed E-state index contributed by atoms with van der Waals surface area (Å²) in [7, 11) is 1.84. The van der Waals surface area contributed by atoms with Gasteiger partial charge in [0.1, 0.15) is 0 Å². The molecule has 0 radical (unpaired) electrons. The number of nitrogens with zero attached hydrogens (tertiary/aromatic N) is 1. The Morgan fingerprint density at radius 2 is 2.16 bits per heavy atom. The van der Waals surface area contributed by atoms with Gasteiger partial charge in [0.05, 0.1) is 5.75 Å². The number of rotatable bonds is 7. The Balaban J connectivity index is 2.50. The van der Waals surface area contributed by atoms with Crippen molar-refractivity contribution in [3.8, 4) is 0 Å². The van der Waals surface area contributed by atoms with E-state index in [1.165, 1.54) is 5.56 Å². The fraction of sp³-hybridized carbons (Fsp3) is 0.533. The van der Waals surface area contributed by atoms with Crippen LogP contribution in [0.5, 0.6) is 0 Å². The predicted octanol–water partition coefficient (Wildman–Crippen LogP) is 2.76. The van der Waals surface area contributed by atoms with Crippen LogP contribution in [0.25, 0.3) is 0 Å². The van der Waals surface area contributed by atoms with Gasteiger partial charge < -0.3 is 10.2 Å². The highest BCUT2D eigenvalue weighted by molar-refractivity contribution is 8.00. The van der Waals surface area contributed by atoms with Crippen molar-refractivity contribution in [3.63, 3.8) is 0 Å². The molecule has 0 spiro atoms. The minimum atomic E-state index is 0.179. The van der Waals surface area contributed by atoms with Gasteiger partial charge in [-0.2, -0.15) is 0 Å². The van der Waals surface area contributed by atoms with Gasteiger partial charge in [-0.3, -0.25) is 4.79 Å². The van der Waals surface area contributed by atoms with E-state index in [1.54, 1.807) is 16.7 Å². The zero-order chi connectivity index (χ0) is 14.3. The standard InChI is InChI=1S/C15H24N2OS/c1-5-17(4)15(18)11-19-14-8-6-7-13(9-14)10-16-12(2)3/h6-9,12,16H,5,10-11H2,1-4H3. The average Bonchev–Trinajstić information content (AvgIpc) is 2.42. The van der Waals surface area contributed by atoms with Crippen LogP contribution in [0, 0.1) is 0 Å². The smallest absolute Gasteiger partial charge is 0.232 e. The van der Waals surface area contributed by atoms with E-state index >= 15 is 0 Å². The van der Waals surface area contributed by atoms with E-state index in [1.807, 2.05) is 20.0 Å². The van der Waals surface area contributed by atoms with Crippen molar-refractivity contribution in [3.05, 3.63) is 29.8 Å². The average molecular weight is 280 g/mol. The molecule has 19 heavy (non-hydrogen) atoms. The number of nitrogens with one attached hydrogen (secondary N) is 1. The van der Waals surface area contributed by atoms with Crippen LogP contribution in [0.2, 0.25) is 0 Å². The van der Waals surface area contributed by atoms with Crippen molar-refractivity contribution >= 4 is 17.7 Å². The summed E-state index contributed by atoms with van der Waals surface area (Å²) in [5, 5.41) is 3.40. The molecule has 3 nitrogen and oxygen atoms in total. The Hall–Kier alpha value is -1.00. The lowest BCUT2D eigenvalue weighted by atomic mass is 10.2. The molecule has 0 aliphatic heterocycles. The molecule has 0 saturated heterocycles. The molecule has 0 fully saturated rings. The molecule has 0 heterocycles. The fourth-order valence-corrected chi connectivity index (χ4v) is 2.42. The van der Waals surface area contributed by atoms with Crippen molar-refractivity contribution in [2.24, 2.45) is 0 Å². The Morgan fingerprint density at radius 1 is 1.42 bits per heavy atom. The number of amides is 1. The molecule has 1 rings (SSSR count). The molecular formula is C15H24N2OS. The van der Waals surface area contributed by atoms with Gasteiger partial charge in [0.2, 0.25) is 5.91 Å². The van der Waals surface area contributed by atoms with Crippen molar-refractivity contribution in [2.45, 2.75) is 38.3 Å². The maximum atomic E-state index is 11.7. The third-order valence-corrected chi connectivity index (χ3v) is 3.85. The molecule has 0 saturated carbocycles. The summed E-state index contributed by atoms with van der Waals surface area (Å²) in [6.07, 6.45) is 0. The third-order valence-electron chi connectivity index (χ3n) is 2.88. The van der Waals surface area contributed by atoms with Gasteiger partial charge in [-0.05, 0) is 24.6 Å². The molecule has 1 amide bonds. The monoisotopic (exact) mass is 280 g/mol. The summed E-state index contributed by atoms with van der Waals surface area (Å²) >= 11 is 1.60. The maximum absolute atomic E-state index is 11.7. The van der Waals surface area contributed by atoms with E-state index in [2.05, 4.69) is 37.4 Å². The molecule has 4 heteroatoms. The molecule has 0 aliphatic rings. The number of benzene rings is 1. The minimum Gasteiger partial charge on any atom is -0.345 e. The van der Waals surface area contributed by atoms with Crippen LogP contribution in [0.3, 0.4) is 0 Å². The van der Waals surface area contributed by atoms with E-state index in [0.29, 0.717) is 11.8 Å². The molecule has 0 unspecified atom stereocenters. The van der Waals surface area contributed by atoms with E-state index < -0.39 is 0 Å². The Kier molecular flexibility index (Phi) is 6.95. The maximum Gasteiger partial charge on any atom is 0.232 e. The molecule has 0 bridgehead atoms. The molecule has 1 aromatic carbocycles. The van der Waals surface area contributed by atoms with Gasteiger partial charge >= 0.3 is 0 Å². The van der Waals surface area contributed by atoms with E-state index in [-0.39, 0.29) is 5.91 Å². The van der Waals surface area contributed by atoms with Crippen LogP contribution in [-0.4, -0.2) is 36.2 Å². The zero-order valence-electron chi connectivity index (χ0n) is 12.3. The lowest BCUT2D eigenvalue weighted by Crippen LogP contribution is -2.27. The first-order valence-electron chi connectivity index (χ1n) is 6.72. The number of carbonyl (C=O) groups is 1. The molecule has 1 N–H and O–H groups in total. The van der Waals surface area contributed by atoms with Crippen molar-refractivity contribution < 1.29 is 4.79 Å². The van der Waals surface area contributed by atoms with Crippen molar-refractivity contribution in [1.29, 1.82) is 0 Å². The lowest BCUT2D eigenvalue weighted by Gasteiger charge is -2.14. The first kappa shape index (κ1) is 16.1. The Morgan fingerprint density at radius 3 is 2.79 bits per heavy atom. The number of carbonyl (C=O) groups excluding carboxylic acids is 1. The fourth-order valence-electron chi connectivity index (χ4n) is 1.50. The first-order valence-corrected chi connectivity index (χ1v) is 7.70. The number of thioether (sulfide) groups is 1. The summed E-state index contributed by atoms with van der Waals surface area (Å²) in [5.41, 5.74) is 1.26. The van der Waals surface area contributed by atoms with Gasteiger partial charge in [-0.1, -0.05) is 26.0 Å². The summed E-state index contributed by atoms with van der Waals surface area (Å²) in [5.74, 6) is 0.684. The topological polar surface area (TPSA) is 32.3 Å².